The Labute approximate surface area is 120 Å². The summed E-state index contributed by atoms with van der Waals surface area (Å²) in [4.78, 5) is 11.2. The van der Waals surface area contributed by atoms with Gasteiger partial charge in [0.1, 0.15) is 11.4 Å². The number of aryl methyl sites for hydroxylation is 1. The molecule has 0 saturated heterocycles. The van der Waals surface area contributed by atoms with Crippen molar-refractivity contribution in [3.05, 3.63) is 52.3 Å². The van der Waals surface area contributed by atoms with Gasteiger partial charge in [-0.15, -0.1) is 0 Å². The zero-order valence-corrected chi connectivity index (χ0v) is 11.3. The number of hydrogen-bond acceptors (Lipinski definition) is 3. The van der Waals surface area contributed by atoms with E-state index in [0.717, 1.165) is 11.6 Å². The summed E-state index contributed by atoms with van der Waals surface area (Å²) in [6.07, 6.45) is 0. The molecular formula is C14H12ClFN2O2. The van der Waals surface area contributed by atoms with Crippen LogP contribution in [0.25, 0.3) is 0 Å². The van der Waals surface area contributed by atoms with E-state index >= 15 is 0 Å². The summed E-state index contributed by atoms with van der Waals surface area (Å²) in [6, 6.07) is 7.68. The third kappa shape index (κ3) is 2.67. The van der Waals surface area contributed by atoms with Gasteiger partial charge >= 0.3 is 5.97 Å². The van der Waals surface area contributed by atoms with Gasteiger partial charge in [0.05, 0.1) is 22.1 Å². The van der Waals surface area contributed by atoms with Gasteiger partial charge in [0.25, 0.3) is 0 Å². The third-order valence-electron chi connectivity index (χ3n) is 2.80. The Morgan fingerprint density at radius 2 is 1.95 bits per heavy atom. The maximum absolute atomic E-state index is 13.3. The Bertz CT molecular complexity index is 689. The van der Waals surface area contributed by atoms with E-state index in [-0.39, 0.29) is 11.3 Å². The summed E-state index contributed by atoms with van der Waals surface area (Å²) in [5, 5.41) is 12.4. The fourth-order valence-corrected chi connectivity index (χ4v) is 2.08. The van der Waals surface area contributed by atoms with Crippen LogP contribution in [0.4, 0.5) is 21.5 Å². The van der Waals surface area contributed by atoms with Crippen LogP contribution in [0.5, 0.6) is 0 Å². The highest BCUT2D eigenvalue weighted by atomic mass is 35.5. The molecule has 20 heavy (non-hydrogen) atoms. The van der Waals surface area contributed by atoms with Crippen molar-refractivity contribution in [3.63, 3.8) is 0 Å². The number of nitrogen functional groups attached to an aromatic ring is 1. The molecule has 2 aromatic carbocycles. The fraction of sp³-hybridized carbons (Fsp3) is 0.0714. The minimum absolute atomic E-state index is 0.183. The maximum Gasteiger partial charge on any atom is 0.340 e. The summed E-state index contributed by atoms with van der Waals surface area (Å²) in [7, 11) is 0. The number of halogens is 2. The molecule has 0 aliphatic rings. The number of carboxylic acids is 1. The minimum Gasteiger partial charge on any atom is -0.478 e. The summed E-state index contributed by atoms with van der Waals surface area (Å²) < 4.78 is 13.3. The highest BCUT2D eigenvalue weighted by molar-refractivity contribution is 6.33. The monoisotopic (exact) mass is 294 g/mol. The summed E-state index contributed by atoms with van der Waals surface area (Å²) in [5.74, 6) is -2.09. The van der Waals surface area contributed by atoms with Crippen molar-refractivity contribution in [2.45, 2.75) is 6.92 Å². The SMILES string of the molecule is Cc1ccc(Nc2ccc(F)c(N)c2C(=O)O)c(Cl)c1. The minimum atomic E-state index is -1.31. The lowest BCUT2D eigenvalue weighted by Crippen LogP contribution is -2.08. The molecule has 104 valence electrons. The van der Waals surface area contributed by atoms with Gasteiger partial charge in [-0.2, -0.15) is 0 Å². The molecular weight excluding hydrogens is 283 g/mol. The molecule has 0 amide bonds. The van der Waals surface area contributed by atoms with Crippen LogP contribution in [0.2, 0.25) is 5.02 Å². The number of nitrogens with two attached hydrogens (primary N) is 1. The van der Waals surface area contributed by atoms with E-state index in [9.17, 15) is 9.18 Å². The van der Waals surface area contributed by atoms with E-state index < -0.39 is 17.5 Å². The Morgan fingerprint density at radius 1 is 1.30 bits per heavy atom. The summed E-state index contributed by atoms with van der Waals surface area (Å²) in [6.45, 7) is 1.88. The van der Waals surface area contributed by atoms with Crippen molar-refractivity contribution in [2.24, 2.45) is 0 Å². The molecule has 0 unspecified atom stereocenters. The standard InChI is InChI=1S/C14H12ClFN2O2/c1-7-2-4-10(8(15)6-7)18-11-5-3-9(16)13(17)12(11)14(19)20/h2-6,18H,17H2,1H3,(H,19,20). The van der Waals surface area contributed by atoms with Gasteiger partial charge in [-0.05, 0) is 36.8 Å². The van der Waals surface area contributed by atoms with Crippen molar-refractivity contribution in [1.29, 1.82) is 0 Å². The Morgan fingerprint density at radius 3 is 2.55 bits per heavy atom. The van der Waals surface area contributed by atoms with Crippen molar-refractivity contribution in [3.8, 4) is 0 Å². The zero-order chi connectivity index (χ0) is 14.9. The first-order valence-electron chi connectivity index (χ1n) is 5.74. The number of anilines is 3. The fourth-order valence-electron chi connectivity index (χ4n) is 1.80. The van der Waals surface area contributed by atoms with E-state index in [1.54, 1.807) is 12.1 Å². The van der Waals surface area contributed by atoms with Crippen LogP contribution >= 0.6 is 11.6 Å². The smallest absolute Gasteiger partial charge is 0.340 e. The molecule has 0 saturated carbocycles. The second-order valence-corrected chi connectivity index (χ2v) is 4.70. The predicted molar refractivity (Wildman–Crippen MR) is 77.2 cm³/mol. The van der Waals surface area contributed by atoms with Crippen LogP contribution in [0, 0.1) is 12.7 Å². The van der Waals surface area contributed by atoms with Gasteiger partial charge in [0.2, 0.25) is 0 Å². The molecule has 0 aliphatic heterocycles. The molecule has 2 rings (SSSR count). The second kappa shape index (κ2) is 5.38. The van der Waals surface area contributed by atoms with Gasteiger partial charge in [-0.25, -0.2) is 9.18 Å². The molecule has 0 aromatic heterocycles. The van der Waals surface area contributed by atoms with Crippen molar-refractivity contribution in [1.82, 2.24) is 0 Å². The number of aromatic carboxylic acids is 1. The lowest BCUT2D eigenvalue weighted by atomic mass is 10.1. The van der Waals surface area contributed by atoms with Gasteiger partial charge in [0.15, 0.2) is 0 Å². The highest BCUT2D eigenvalue weighted by Gasteiger charge is 2.18. The number of carboxylic acid groups (broad SMARTS) is 1. The number of nitrogens with one attached hydrogen (secondary N) is 1. The zero-order valence-electron chi connectivity index (χ0n) is 10.6. The molecule has 0 bridgehead atoms. The van der Waals surface area contributed by atoms with Crippen LogP contribution in [0.3, 0.4) is 0 Å². The van der Waals surface area contributed by atoms with E-state index in [1.165, 1.54) is 6.07 Å². The van der Waals surface area contributed by atoms with Crippen molar-refractivity contribution >= 4 is 34.6 Å². The number of carbonyl (C=O) groups is 1. The van der Waals surface area contributed by atoms with Gasteiger partial charge in [-0.1, -0.05) is 17.7 Å². The van der Waals surface area contributed by atoms with Gasteiger partial charge < -0.3 is 16.2 Å². The van der Waals surface area contributed by atoms with E-state index in [2.05, 4.69) is 5.32 Å². The Hall–Kier alpha value is -2.27. The topological polar surface area (TPSA) is 75.3 Å². The summed E-state index contributed by atoms with van der Waals surface area (Å²) >= 11 is 6.07. The molecule has 0 fully saturated rings. The van der Waals surface area contributed by atoms with E-state index in [1.807, 2.05) is 13.0 Å². The second-order valence-electron chi connectivity index (χ2n) is 4.30. The van der Waals surface area contributed by atoms with Gasteiger partial charge in [-0.3, -0.25) is 0 Å². The van der Waals surface area contributed by atoms with Crippen LogP contribution in [0.1, 0.15) is 15.9 Å². The molecule has 0 heterocycles. The summed E-state index contributed by atoms with van der Waals surface area (Å²) in [5.41, 5.74) is 6.41. The molecule has 0 radical (unpaired) electrons. The largest absolute Gasteiger partial charge is 0.478 e. The Kier molecular flexibility index (Phi) is 3.81. The lowest BCUT2D eigenvalue weighted by Gasteiger charge is -2.13. The molecule has 4 nitrogen and oxygen atoms in total. The average molecular weight is 295 g/mol. The lowest BCUT2D eigenvalue weighted by molar-refractivity contribution is 0.0698. The Balaban J connectivity index is 2.48. The van der Waals surface area contributed by atoms with Crippen molar-refractivity contribution < 1.29 is 14.3 Å². The first-order valence-corrected chi connectivity index (χ1v) is 6.12. The molecule has 4 N–H and O–H groups in total. The normalized spacial score (nSPS) is 10.3. The predicted octanol–water partition coefficient (Wildman–Crippen LogP) is 3.81. The average Bonchev–Trinajstić information content (AvgIpc) is 2.36. The van der Waals surface area contributed by atoms with Crippen LogP contribution < -0.4 is 11.1 Å². The third-order valence-corrected chi connectivity index (χ3v) is 3.11. The number of rotatable bonds is 3. The van der Waals surface area contributed by atoms with Crippen LogP contribution in [-0.4, -0.2) is 11.1 Å². The van der Waals surface area contributed by atoms with E-state index in [4.69, 9.17) is 22.4 Å². The molecule has 0 aliphatic carbocycles. The molecule has 2 aromatic rings. The highest BCUT2D eigenvalue weighted by Crippen LogP contribution is 2.31. The molecule has 0 atom stereocenters. The first kappa shape index (κ1) is 14.1. The molecule has 6 heteroatoms. The first-order chi connectivity index (χ1) is 9.40. The van der Waals surface area contributed by atoms with Gasteiger partial charge in [0, 0.05) is 0 Å². The van der Waals surface area contributed by atoms with Crippen molar-refractivity contribution in [2.75, 3.05) is 11.1 Å². The maximum atomic E-state index is 13.3. The quantitative estimate of drug-likeness (QED) is 0.752. The molecule has 0 spiro atoms. The van der Waals surface area contributed by atoms with E-state index in [0.29, 0.717) is 10.7 Å². The van der Waals surface area contributed by atoms with Crippen LogP contribution in [-0.2, 0) is 0 Å². The number of hydrogen-bond donors (Lipinski definition) is 3. The van der Waals surface area contributed by atoms with Crippen LogP contribution in [0.15, 0.2) is 30.3 Å². The number of benzene rings is 2.